The third kappa shape index (κ3) is 3.44. The van der Waals surface area contributed by atoms with E-state index in [0.717, 1.165) is 10.0 Å². The summed E-state index contributed by atoms with van der Waals surface area (Å²) in [5.41, 5.74) is 0.970. The first-order chi connectivity index (χ1) is 8.65. The number of hydrogen-bond donors (Lipinski definition) is 1. The van der Waals surface area contributed by atoms with Crippen LogP contribution in [0.15, 0.2) is 33.7 Å². The number of aliphatic hydroxyl groups excluding tert-OH is 1. The predicted molar refractivity (Wildman–Crippen MR) is 70.4 cm³/mol. The van der Waals surface area contributed by atoms with E-state index in [1.165, 1.54) is 4.80 Å². The Bertz CT molecular complexity index is 537. The van der Waals surface area contributed by atoms with Crippen molar-refractivity contribution < 1.29 is 5.11 Å². The van der Waals surface area contributed by atoms with E-state index in [2.05, 4.69) is 36.3 Å². The average Bonchev–Trinajstić information content (AvgIpc) is 2.78. The monoisotopic (exact) mass is 309 g/mol. The maximum absolute atomic E-state index is 9.76. The van der Waals surface area contributed by atoms with Gasteiger partial charge in [0.05, 0.1) is 13.6 Å². The van der Waals surface area contributed by atoms with Gasteiger partial charge < -0.3 is 5.11 Å². The van der Waals surface area contributed by atoms with E-state index in [0.29, 0.717) is 0 Å². The van der Waals surface area contributed by atoms with Crippen molar-refractivity contribution in [2.24, 2.45) is 12.0 Å². The fourth-order valence-electron chi connectivity index (χ4n) is 1.32. The Morgan fingerprint density at radius 1 is 1.44 bits per heavy atom. The van der Waals surface area contributed by atoms with Crippen LogP contribution in [0.25, 0.3) is 0 Å². The van der Waals surface area contributed by atoms with Gasteiger partial charge >= 0.3 is 0 Å². The summed E-state index contributed by atoms with van der Waals surface area (Å²) in [6.45, 7) is 0.210. The van der Waals surface area contributed by atoms with Gasteiger partial charge in [0.1, 0.15) is 6.10 Å². The number of hydrogen-bond acceptors (Lipinski definition) is 5. The lowest BCUT2D eigenvalue weighted by Gasteiger charge is -2.00. The summed E-state index contributed by atoms with van der Waals surface area (Å²) in [6.07, 6.45) is 0.872. The molecule has 0 aliphatic carbocycles. The Morgan fingerprint density at radius 3 is 2.78 bits per heavy atom. The van der Waals surface area contributed by atoms with E-state index >= 15 is 0 Å². The standard InChI is InChI=1S/C11H12BrN5O/c1-17-15-11(14-16-17)10(18)7-13-6-8-2-4-9(12)5-3-8/h2-6,10,18H,7H2,1H3. The number of aliphatic imine (C=N–C) groups is 1. The molecule has 1 unspecified atom stereocenters. The third-order valence-corrected chi connectivity index (χ3v) is 2.74. The van der Waals surface area contributed by atoms with Crippen LogP contribution in [-0.4, -0.2) is 38.1 Å². The van der Waals surface area contributed by atoms with Gasteiger partial charge in [0.15, 0.2) is 0 Å². The van der Waals surface area contributed by atoms with Crippen molar-refractivity contribution in [1.82, 2.24) is 20.2 Å². The second-order valence-electron chi connectivity index (χ2n) is 3.70. The zero-order valence-corrected chi connectivity index (χ0v) is 11.3. The van der Waals surface area contributed by atoms with E-state index in [-0.39, 0.29) is 12.4 Å². The number of nitrogens with zero attached hydrogens (tertiary/aromatic N) is 5. The first-order valence-corrected chi connectivity index (χ1v) is 6.12. The Kier molecular flexibility index (Phi) is 4.16. The van der Waals surface area contributed by atoms with Gasteiger partial charge in [0, 0.05) is 10.7 Å². The molecule has 0 aliphatic heterocycles. The second-order valence-corrected chi connectivity index (χ2v) is 4.61. The van der Waals surface area contributed by atoms with Gasteiger partial charge in [-0.3, -0.25) is 4.99 Å². The van der Waals surface area contributed by atoms with Crippen LogP contribution in [0.4, 0.5) is 0 Å². The zero-order chi connectivity index (χ0) is 13.0. The zero-order valence-electron chi connectivity index (χ0n) is 9.73. The highest BCUT2D eigenvalue weighted by Gasteiger charge is 2.11. The van der Waals surface area contributed by atoms with Crippen LogP contribution in [0.2, 0.25) is 0 Å². The van der Waals surface area contributed by atoms with Crippen LogP contribution in [-0.2, 0) is 7.05 Å². The van der Waals surface area contributed by atoms with Gasteiger partial charge in [-0.1, -0.05) is 28.1 Å². The molecule has 18 heavy (non-hydrogen) atoms. The number of aromatic nitrogens is 4. The molecule has 1 aromatic heterocycles. The molecule has 1 atom stereocenters. The third-order valence-electron chi connectivity index (χ3n) is 2.21. The van der Waals surface area contributed by atoms with Crippen molar-refractivity contribution in [2.75, 3.05) is 6.54 Å². The number of tetrazole rings is 1. The highest BCUT2D eigenvalue weighted by Crippen LogP contribution is 2.09. The summed E-state index contributed by atoms with van der Waals surface area (Å²) in [5.74, 6) is 0.283. The Morgan fingerprint density at radius 2 is 2.17 bits per heavy atom. The number of rotatable bonds is 4. The molecule has 6 nitrogen and oxygen atoms in total. The largest absolute Gasteiger partial charge is 0.383 e. The summed E-state index contributed by atoms with van der Waals surface area (Å²) < 4.78 is 1.02. The second kappa shape index (κ2) is 5.83. The number of benzene rings is 1. The van der Waals surface area contributed by atoms with E-state index < -0.39 is 6.10 Å². The fourth-order valence-corrected chi connectivity index (χ4v) is 1.58. The first-order valence-electron chi connectivity index (χ1n) is 5.32. The molecule has 0 saturated carbocycles. The van der Waals surface area contributed by atoms with Crippen LogP contribution in [0.1, 0.15) is 17.5 Å². The quantitative estimate of drug-likeness (QED) is 0.859. The van der Waals surface area contributed by atoms with Crippen molar-refractivity contribution in [2.45, 2.75) is 6.10 Å². The number of aryl methyl sites for hydroxylation is 1. The van der Waals surface area contributed by atoms with Crippen molar-refractivity contribution in [3.63, 3.8) is 0 Å². The molecule has 0 fully saturated rings. The van der Waals surface area contributed by atoms with E-state index in [1.807, 2.05) is 24.3 Å². The maximum Gasteiger partial charge on any atom is 0.205 e. The molecule has 0 saturated heterocycles. The molecule has 1 aromatic carbocycles. The van der Waals surface area contributed by atoms with Gasteiger partial charge in [-0.05, 0) is 22.9 Å². The molecular formula is C11H12BrN5O. The predicted octanol–water partition coefficient (Wildman–Crippen LogP) is 1.13. The Balaban J connectivity index is 1.93. The molecule has 2 rings (SSSR count). The molecule has 94 valence electrons. The lowest BCUT2D eigenvalue weighted by atomic mass is 10.2. The van der Waals surface area contributed by atoms with Crippen molar-refractivity contribution in [3.05, 3.63) is 40.1 Å². The molecule has 7 heteroatoms. The molecule has 1 heterocycles. The molecular weight excluding hydrogens is 298 g/mol. The topological polar surface area (TPSA) is 76.2 Å². The van der Waals surface area contributed by atoms with Crippen LogP contribution in [0, 0.1) is 0 Å². The summed E-state index contributed by atoms with van der Waals surface area (Å²) in [7, 11) is 1.65. The summed E-state index contributed by atoms with van der Waals surface area (Å²) in [5, 5.41) is 21.0. The Hall–Kier alpha value is -1.60. The molecule has 1 N–H and O–H groups in total. The number of aliphatic hydroxyl groups is 1. The molecule has 2 aromatic rings. The van der Waals surface area contributed by atoms with Crippen LogP contribution >= 0.6 is 15.9 Å². The van der Waals surface area contributed by atoms with E-state index in [1.54, 1.807) is 13.3 Å². The van der Waals surface area contributed by atoms with Crippen molar-refractivity contribution in [3.8, 4) is 0 Å². The minimum absolute atomic E-state index is 0.210. The maximum atomic E-state index is 9.76. The van der Waals surface area contributed by atoms with Crippen molar-refractivity contribution in [1.29, 1.82) is 0 Å². The summed E-state index contributed by atoms with van der Waals surface area (Å²) >= 11 is 3.36. The molecule has 0 spiro atoms. The molecule has 0 aliphatic rings. The smallest absolute Gasteiger partial charge is 0.205 e. The fraction of sp³-hybridized carbons (Fsp3) is 0.273. The minimum Gasteiger partial charge on any atom is -0.383 e. The summed E-state index contributed by atoms with van der Waals surface area (Å²) in [4.78, 5) is 5.45. The van der Waals surface area contributed by atoms with E-state index in [9.17, 15) is 5.11 Å². The minimum atomic E-state index is -0.828. The lowest BCUT2D eigenvalue weighted by molar-refractivity contribution is 0.177. The Labute approximate surface area is 112 Å². The van der Waals surface area contributed by atoms with E-state index in [4.69, 9.17) is 0 Å². The highest BCUT2D eigenvalue weighted by atomic mass is 79.9. The highest BCUT2D eigenvalue weighted by molar-refractivity contribution is 9.10. The molecule has 0 bridgehead atoms. The van der Waals surface area contributed by atoms with Crippen LogP contribution in [0.5, 0.6) is 0 Å². The molecule has 0 amide bonds. The average molecular weight is 310 g/mol. The van der Waals surface area contributed by atoms with Crippen LogP contribution in [0.3, 0.4) is 0 Å². The first kappa shape index (κ1) is 12.8. The normalized spacial score (nSPS) is 13.1. The van der Waals surface area contributed by atoms with Gasteiger partial charge in [-0.25, -0.2) is 0 Å². The van der Waals surface area contributed by atoms with Gasteiger partial charge in [-0.15, -0.1) is 10.2 Å². The van der Waals surface area contributed by atoms with Gasteiger partial charge in [-0.2, -0.15) is 4.80 Å². The van der Waals surface area contributed by atoms with Gasteiger partial charge in [0.25, 0.3) is 0 Å². The van der Waals surface area contributed by atoms with Crippen LogP contribution < -0.4 is 0 Å². The van der Waals surface area contributed by atoms with Gasteiger partial charge in [0.2, 0.25) is 5.82 Å². The summed E-state index contributed by atoms with van der Waals surface area (Å²) in [6, 6.07) is 7.73. The SMILES string of the molecule is Cn1nnc(C(O)CN=Cc2ccc(Br)cc2)n1. The van der Waals surface area contributed by atoms with Crippen molar-refractivity contribution >= 4 is 22.1 Å². The molecule has 0 radical (unpaired) electrons. The lowest BCUT2D eigenvalue weighted by Crippen LogP contribution is -2.05. The number of halogens is 1.